The number of aromatic amines is 1. The monoisotopic (exact) mass is 325 g/mol. The standard InChI is InChI=1S/C15H18F3N5/c16-15(17,18)12-10-6-20-11(21-13(10)23-22-12)5-9-1-3-14(4-2-9)7-19-8-14/h6,9,19H,1-5,7-8H2,(H,20,21,22,23). The summed E-state index contributed by atoms with van der Waals surface area (Å²) in [5.74, 6) is 1.10. The molecule has 2 aliphatic rings. The third-order valence-electron chi connectivity index (χ3n) is 5.28. The molecule has 1 aliphatic heterocycles. The molecule has 2 fully saturated rings. The van der Waals surface area contributed by atoms with Crippen molar-refractivity contribution in [2.24, 2.45) is 11.3 Å². The van der Waals surface area contributed by atoms with Crippen LogP contribution >= 0.6 is 0 Å². The smallest absolute Gasteiger partial charge is 0.316 e. The number of halogens is 3. The second-order valence-electron chi connectivity index (χ2n) is 6.87. The third-order valence-corrected chi connectivity index (χ3v) is 5.28. The Labute approximate surface area is 131 Å². The number of nitrogens with one attached hydrogen (secondary N) is 2. The first-order valence-electron chi connectivity index (χ1n) is 7.93. The number of nitrogens with zero attached hydrogens (tertiary/aromatic N) is 3. The lowest BCUT2D eigenvalue weighted by Gasteiger charge is -2.47. The van der Waals surface area contributed by atoms with Crippen molar-refractivity contribution in [1.82, 2.24) is 25.5 Å². The summed E-state index contributed by atoms with van der Waals surface area (Å²) >= 11 is 0. The van der Waals surface area contributed by atoms with E-state index >= 15 is 0 Å². The Kier molecular flexibility index (Phi) is 3.33. The quantitative estimate of drug-likeness (QED) is 0.891. The second kappa shape index (κ2) is 5.15. The van der Waals surface area contributed by atoms with Gasteiger partial charge in [0.1, 0.15) is 5.82 Å². The molecule has 3 heterocycles. The lowest BCUT2D eigenvalue weighted by atomic mass is 9.66. The molecule has 2 N–H and O–H groups in total. The Morgan fingerprint density at radius 3 is 2.57 bits per heavy atom. The zero-order chi connectivity index (χ0) is 16.1. The Morgan fingerprint density at radius 2 is 1.96 bits per heavy atom. The van der Waals surface area contributed by atoms with Gasteiger partial charge in [0, 0.05) is 25.7 Å². The molecule has 0 radical (unpaired) electrons. The van der Waals surface area contributed by atoms with Gasteiger partial charge in [-0.3, -0.25) is 5.10 Å². The van der Waals surface area contributed by atoms with Crippen molar-refractivity contribution in [1.29, 1.82) is 0 Å². The van der Waals surface area contributed by atoms with E-state index in [1.165, 1.54) is 19.0 Å². The van der Waals surface area contributed by atoms with Gasteiger partial charge in [0.2, 0.25) is 0 Å². The van der Waals surface area contributed by atoms with Crippen LogP contribution in [0.15, 0.2) is 6.20 Å². The Morgan fingerprint density at radius 1 is 1.22 bits per heavy atom. The number of hydrogen-bond donors (Lipinski definition) is 2. The molecule has 0 bridgehead atoms. The summed E-state index contributed by atoms with van der Waals surface area (Å²) in [4.78, 5) is 8.34. The first-order valence-corrected chi connectivity index (χ1v) is 7.93. The molecule has 2 aromatic heterocycles. The fraction of sp³-hybridized carbons (Fsp3) is 0.667. The molecule has 8 heteroatoms. The topological polar surface area (TPSA) is 66.5 Å². The number of fused-ring (bicyclic) bond motifs is 1. The highest BCUT2D eigenvalue weighted by Crippen LogP contribution is 2.42. The minimum absolute atomic E-state index is 0.0654. The highest BCUT2D eigenvalue weighted by Gasteiger charge is 2.40. The molecule has 124 valence electrons. The minimum atomic E-state index is -4.46. The Hall–Kier alpha value is -1.70. The van der Waals surface area contributed by atoms with Crippen LogP contribution in [0.4, 0.5) is 13.2 Å². The van der Waals surface area contributed by atoms with Gasteiger partial charge in [0.25, 0.3) is 0 Å². The average molecular weight is 325 g/mol. The fourth-order valence-corrected chi connectivity index (χ4v) is 3.74. The average Bonchev–Trinajstić information content (AvgIpc) is 2.89. The van der Waals surface area contributed by atoms with E-state index in [0.29, 0.717) is 23.6 Å². The lowest BCUT2D eigenvalue weighted by molar-refractivity contribution is -0.139. The summed E-state index contributed by atoms with van der Waals surface area (Å²) in [7, 11) is 0. The van der Waals surface area contributed by atoms with Crippen molar-refractivity contribution in [2.45, 2.75) is 38.3 Å². The van der Waals surface area contributed by atoms with E-state index in [1.807, 2.05) is 5.10 Å². The summed E-state index contributed by atoms with van der Waals surface area (Å²) < 4.78 is 38.4. The van der Waals surface area contributed by atoms with Gasteiger partial charge in [0.05, 0.1) is 5.39 Å². The SMILES string of the molecule is FC(F)(F)c1[nH]nc2nc(CC3CCC4(CC3)CNC4)ncc12. The van der Waals surface area contributed by atoms with Crippen LogP contribution in [-0.4, -0.2) is 33.3 Å². The molecule has 1 saturated carbocycles. The summed E-state index contributed by atoms with van der Waals surface area (Å²) in [5, 5.41) is 8.98. The van der Waals surface area contributed by atoms with Crippen molar-refractivity contribution < 1.29 is 13.2 Å². The van der Waals surface area contributed by atoms with Crippen LogP contribution < -0.4 is 5.32 Å². The van der Waals surface area contributed by atoms with Crippen molar-refractivity contribution >= 4 is 11.0 Å². The van der Waals surface area contributed by atoms with Gasteiger partial charge in [-0.2, -0.15) is 18.3 Å². The fourth-order valence-electron chi connectivity index (χ4n) is 3.74. The predicted molar refractivity (Wildman–Crippen MR) is 77.7 cm³/mol. The molecule has 1 aliphatic carbocycles. The van der Waals surface area contributed by atoms with E-state index in [1.54, 1.807) is 0 Å². The minimum Gasteiger partial charge on any atom is -0.316 e. The van der Waals surface area contributed by atoms with Gasteiger partial charge in [-0.05, 0) is 37.0 Å². The summed E-state index contributed by atoms with van der Waals surface area (Å²) in [6.07, 6.45) is 2.20. The predicted octanol–water partition coefficient (Wildman–Crippen LogP) is 2.69. The summed E-state index contributed by atoms with van der Waals surface area (Å²) in [6, 6.07) is 0. The maximum Gasteiger partial charge on any atom is 0.433 e. The molecule has 1 saturated heterocycles. The maximum atomic E-state index is 12.8. The van der Waals surface area contributed by atoms with Crippen LogP contribution in [0.2, 0.25) is 0 Å². The van der Waals surface area contributed by atoms with Crippen molar-refractivity contribution in [3.05, 3.63) is 17.7 Å². The highest BCUT2D eigenvalue weighted by molar-refractivity contribution is 5.77. The van der Waals surface area contributed by atoms with Crippen LogP contribution in [0.3, 0.4) is 0 Å². The molecule has 4 rings (SSSR count). The van der Waals surface area contributed by atoms with Crippen molar-refractivity contribution in [3.63, 3.8) is 0 Å². The largest absolute Gasteiger partial charge is 0.433 e. The second-order valence-corrected chi connectivity index (χ2v) is 6.87. The van der Waals surface area contributed by atoms with Gasteiger partial charge in [-0.1, -0.05) is 0 Å². The van der Waals surface area contributed by atoms with E-state index in [4.69, 9.17) is 0 Å². The molecule has 23 heavy (non-hydrogen) atoms. The first-order chi connectivity index (χ1) is 11.0. The maximum absolute atomic E-state index is 12.8. The van der Waals surface area contributed by atoms with Crippen LogP contribution in [0, 0.1) is 11.3 Å². The molecular formula is C15H18F3N5. The van der Waals surface area contributed by atoms with Crippen LogP contribution in [-0.2, 0) is 12.6 Å². The van der Waals surface area contributed by atoms with Gasteiger partial charge in [-0.15, -0.1) is 0 Å². The summed E-state index contributed by atoms with van der Waals surface area (Å²) in [6.45, 7) is 2.24. The Balaban J connectivity index is 1.47. The molecule has 2 aromatic rings. The van der Waals surface area contributed by atoms with Crippen molar-refractivity contribution in [3.8, 4) is 0 Å². The van der Waals surface area contributed by atoms with E-state index in [9.17, 15) is 13.2 Å². The molecule has 0 aromatic carbocycles. The Bertz CT molecular complexity index is 709. The lowest BCUT2D eigenvalue weighted by Crippen LogP contribution is -2.54. The highest BCUT2D eigenvalue weighted by atomic mass is 19.4. The molecule has 0 atom stereocenters. The molecule has 0 amide bonds. The van der Waals surface area contributed by atoms with Gasteiger partial charge >= 0.3 is 6.18 Å². The van der Waals surface area contributed by atoms with Gasteiger partial charge < -0.3 is 5.32 Å². The van der Waals surface area contributed by atoms with Crippen LogP contribution in [0.1, 0.15) is 37.2 Å². The third kappa shape index (κ3) is 2.69. The number of rotatable bonds is 2. The zero-order valence-corrected chi connectivity index (χ0v) is 12.6. The van der Waals surface area contributed by atoms with Crippen LogP contribution in [0.5, 0.6) is 0 Å². The van der Waals surface area contributed by atoms with E-state index in [2.05, 4.69) is 20.4 Å². The molecular weight excluding hydrogens is 307 g/mol. The molecule has 5 nitrogen and oxygen atoms in total. The van der Waals surface area contributed by atoms with Gasteiger partial charge in [-0.25, -0.2) is 9.97 Å². The zero-order valence-electron chi connectivity index (χ0n) is 12.6. The van der Waals surface area contributed by atoms with Gasteiger partial charge in [0.15, 0.2) is 11.3 Å². The molecule has 0 unspecified atom stereocenters. The summed E-state index contributed by atoms with van der Waals surface area (Å²) in [5.41, 5.74) is -0.278. The first kappa shape index (κ1) is 14.9. The van der Waals surface area contributed by atoms with E-state index < -0.39 is 11.9 Å². The molecule has 1 spiro atoms. The van der Waals surface area contributed by atoms with E-state index in [0.717, 1.165) is 25.9 Å². The number of H-pyrrole nitrogens is 1. The van der Waals surface area contributed by atoms with Crippen LogP contribution in [0.25, 0.3) is 11.0 Å². The number of aromatic nitrogens is 4. The van der Waals surface area contributed by atoms with Crippen molar-refractivity contribution in [2.75, 3.05) is 13.1 Å². The number of hydrogen-bond acceptors (Lipinski definition) is 4. The van der Waals surface area contributed by atoms with E-state index in [-0.39, 0.29) is 11.0 Å². The normalized spacial score (nSPS) is 21.7. The number of alkyl halides is 3.